The van der Waals surface area contributed by atoms with Gasteiger partial charge in [-0.1, -0.05) is 18.2 Å². The number of phosphoric ester groups is 1. The van der Waals surface area contributed by atoms with E-state index >= 15 is 0 Å². The maximum atomic E-state index is 14.0. The van der Waals surface area contributed by atoms with E-state index in [2.05, 4.69) is 15.3 Å². The van der Waals surface area contributed by atoms with Crippen LogP contribution in [0.4, 0.5) is 10.1 Å². The molecular formula is C28H31FN5O5P. The summed E-state index contributed by atoms with van der Waals surface area (Å²) in [5.41, 5.74) is 3.78. The Labute approximate surface area is 231 Å². The minimum Gasteiger partial charge on any atom is -0.323 e. The SMILES string of the molecule is CCOP(=O)(O)OC(C)n1cc(-c2ccnc(F)c2)c2cc(-c3cccc(NC(=O)C=CCN(C)C)c3)cnc21. The standard InChI is InChI=1S/C28H31FN5O5P/c1-5-38-40(36,37)39-19(2)34-18-25(21-11-12-30-26(29)16-21)24-15-22(17-31-28(24)34)20-8-6-9-23(14-20)32-27(35)10-7-13-33(3)4/h6-12,14-19H,5,13H2,1-4H3,(H,32,35)(H,36,37). The zero-order valence-corrected chi connectivity index (χ0v) is 23.5. The highest BCUT2D eigenvalue weighted by Crippen LogP contribution is 2.47. The van der Waals surface area contributed by atoms with E-state index in [1.807, 2.05) is 43.3 Å². The highest BCUT2D eigenvalue weighted by Gasteiger charge is 2.26. The number of carbonyl (C=O) groups is 1. The van der Waals surface area contributed by atoms with E-state index in [4.69, 9.17) is 9.05 Å². The molecule has 3 heterocycles. The van der Waals surface area contributed by atoms with Gasteiger partial charge >= 0.3 is 7.82 Å². The zero-order chi connectivity index (χ0) is 28.9. The van der Waals surface area contributed by atoms with Gasteiger partial charge in [-0.05, 0) is 63.3 Å². The molecule has 0 fully saturated rings. The third kappa shape index (κ3) is 7.26. The Morgan fingerprint density at radius 2 is 2.00 bits per heavy atom. The van der Waals surface area contributed by atoms with Crippen LogP contribution in [0.3, 0.4) is 0 Å². The Hall–Kier alpha value is -3.73. The third-order valence-corrected chi connectivity index (χ3v) is 7.04. The normalized spacial score (nSPS) is 14.1. The first-order valence-electron chi connectivity index (χ1n) is 12.6. The number of halogens is 1. The number of phosphoric acid groups is 1. The summed E-state index contributed by atoms with van der Waals surface area (Å²) in [5.74, 6) is -0.889. The molecule has 0 spiro atoms. The number of hydrogen-bond donors (Lipinski definition) is 2. The smallest absolute Gasteiger partial charge is 0.323 e. The van der Waals surface area contributed by atoms with Crippen molar-refractivity contribution in [1.29, 1.82) is 0 Å². The molecule has 1 amide bonds. The lowest BCUT2D eigenvalue weighted by atomic mass is 10.0. The Morgan fingerprint density at radius 3 is 2.73 bits per heavy atom. The van der Waals surface area contributed by atoms with Crippen LogP contribution in [0.5, 0.6) is 0 Å². The molecule has 4 rings (SSSR count). The van der Waals surface area contributed by atoms with Crippen LogP contribution in [0, 0.1) is 5.95 Å². The summed E-state index contributed by atoms with van der Waals surface area (Å²) in [4.78, 5) is 32.6. The first-order chi connectivity index (χ1) is 19.1. The van der Waals surface area contributed by atoms with Crippen molar-refractivity contribution in [3.63, 3.8) is 0 Å². The highest BCUT2D eigenvalue weighted by molar-refractivity contribution is 7.47. The van der Waals surface area contributed by atoms with Crippen LogP contribution < -0.4 is 5.32 Å². The Balaban J connectivity index is 1.73. The molecule has 2 atom stereocenters. The second-order valence-electron chi connectivity index (χ2n) is 9.24. The quantitative estimate of drug-likeness (QED) is 0.136. The number of pyridine rings is 2. The summed E-state index contributed by atoms with van der Waals surface area (Å²) in [7, 11) is -0.475. The number of benzene rings is 1. The van der Waals surface area contributed by atoms with E-state index in [0.717, 1.165) is 11.1 Å². The van der Waals surface area contributed by atoms with Crippen molar-refractivity contribution in [2.75, 3.05) is 32.6 Å². The molecule has 0 radical (unpaired) electrons. The number of nitrogens with one attached hydrogen (secondary N) is 1. The molecule has 0 aliphatic carbocycles. The van der Waals surface area contributed by atoms with Crippen LogP contribution in [-0.4, -0.2) is 57.5 Å². The van der Waals surface area contributed by atoms with Crippen molar-refractivity contribution in [2.45, 2.75) is 20.1 Å². The molecule has 210 valence electrons. The van der Waals surface area contributed by atoms with Gasteiger partial charge in [0.2, 0.25) is 11.9 Å². The molecule has 4 aromatic rings. The van der Waals surface area contributed by atoms with Gasteiger partial charge in [-0.3, -0.25) is 13.8 Å². The van der Waals surface area contributed by atoms with Crippen molar-refractivity contribution in [3.8, 4) is 22.3 Å². The molecule has 2 N–H and O–H groups in total. The number of nitrogens with zero attached hydrogens (tertiary/aromatic N) is 4. The zero-order valence-electron chi connectivity index (χ0n) is 22.6. The molecule has 10 nitrogen and oxygen atoms in total. The largest absolute Gasteiger partial charge is 0.474 e. The average molecular weight is 568 g/mol. The summed E-state index contributed by atoms with van der Waals surface area (Å²) in [6.07, 6.45) is 7.04. The monoisotopic (exact) mass is 567 g/mol. The van der Waals surface area contributed by atoms with Crippen molar-refractivity contribution in [2.24, 2.45) is 0 Å². The minimum atomic E-state index is -4.31. The van der Waals surface area contributed by atoms with Crippen LogP contribution in [0.15, 0.2) is 73.2 Å². The third-order valence-electron chi connectivity index (χ3n) is 5.88. The van der Waals surface area contributed by atoms with Crippen LogP contribution in [0.25, 0.3) is 33.3 Å². The predicted molar refractivity (Wildman–Crippen MR) is 152 cm³/mol. The highest BCUT2D eigenvalue weighted by atomic mass is 31.2. The van der Waals surface area contributed by atoms with Gasteiger partial charge in [-0.25, -0.2) is 14.5 Å². The molecular weight excluding hydrogens is 536 g/mol. The number of rotatable bonds is 11. The first-order valence-corrected chi connectivity index (χ1v) is 14.1. The lowest BCUT2D eigenvalue weighted by molar-refractivity contribution is -0.111. The van der Waals surface area contributed by atoms with E-state index in [-0.39, 0.29) is 12.5 Å². The van der Waals surface area contributed by atoms with E-state index in [0.29, 0.717) is 34.4 Å². The maximum absolute atomic E-state index is 14.0. The molecule has 40 heavy (non-hydrogen) atoms. The van der Waals surface area contributed by atoms with Gasteiger partial charge in [0.15, 0.2) is 0 Å². The summed E-state index contributed by atoms with van der Waals surface area (Å²) in [5, 5.41) is 3.52. The molecule has 0 bridgehead atoms. The second kappa shape index (κ2) is 12.6. The molecule has 0 aliphatic rings. The van der Waals surface area contributed by atoms with Crippen molar-refractivity contribution in [3.05, 3.63) is 79.2 Å². The summed E-state index contributed by atoms with van der Waals surface area (Å²) >= 11 is 0. The van der Waals surface area contributed by atoms with E-state index in [1.165, 1.54) is 18.3 Å². The van der Waals surface area contributed by atoms with Gasteiger partial charge in [0, 0.05) is 59.5 Å². The van der Waals surface area contributed by atoms with Gasteiger partial charge in [-0.2, -0.15) is 4.39 Å². The van der Waals surface area contributed by atoms with E-state index < -0.39 is 20.0 Å². The van der Waals surface area contributed by atoms with Gasteiger partial charge in [0.1, 0.15) is 11.9 Å². The van der Waals surface area contributed by atoms with Gasteiger partial charge in [0.05, 0.1) is 6.61 Å². The van der Waals surface area contributed by atoms with Crippen LogP contribution in [0.1, 0.15) is 20.1 Å². The fraction of sp³-hybridized carbons (Fsp3) is 0.250. The molecule has 1 aromatic carbocycles. The van der Waals surface area contributed by atoms with E-state index in [1.54, 1.807) is 49.0 Å². The van der Waals surface area contributed by atoms with E-state index in [9.17, 15) is 18.6 Å². The van der Waals surface area contributed by atoms with Crippen molar-refractivity contribution >= 4 is 30.5 Å². The summed E-state index contributed by atoms with van der Waals surface area (Å²) in [6, 6.07) is 12.2. The molecule has 0 saturated heterocycles. The maximum Gasteiger partial charge on any atom is 0.474 e. The van der Waals surface area contributed by atoms with Crippen molar-refractivity contribution < 1.29 is 27.7 Å². The minimum absolute atomic E-state index is 0.00195. The molecule has 3 aromatic heterocycles. The molecule has 0 aliphatic heterocycles. The molecule has 0 saturated carbocycles. The van der Waals surface area contributed by atoms with Crippen LogP contribution in [0.2, 0.25) is 0 Å². The average Bonchev–Trinajstić information content (AvgIpc) is 3.27. The number of fused-ring (bicyclic) bond motifs is 1. The second-order valence-corrected chi connectivity index (χ2v) is 10.6. The van der Waals surface area contributed by atoms with Crippen molar-refractivity contribution in [1.82, 2.24) is 19.4 Å². The number of aromatic nitrogens is 3. The summed E-state index contributed by atoms with van der Waals surface area (Å²) < 4.78 is 38.1. The Kier molecular flexibility index (Phi) is 9.24. The molecule has 12 heteroatoms. The fourth-order valence-corrected chi connectivity index (χ4v) is 5.01. The lowest BCUT2D eigenvalue weighted by Gasteiger charge is -2.18. The Morgan fingerprint density at radius 1 is 1.20 bits per heavy atom. The number of anilines is 1. The van der Waals surface area contributed by atoms with Gasteiger partial charge < -0.3 is 19.7 Å². The lowest BCUT2D eigenvalue weighted by Crippen LogP contribution is -2.12. The van der Waals surface area contributed by atoms with Crippen LogP contribution >= 0.6 is 7.82 Å². The Bertz CT molecular complexity index is 1590. The molecule has 2 unspecified atom stereocenters. The number of hydrogen-bond acceptors (Lipinski definition) is 7. The van der Waals surface area contributed by atoms with Crippen LogP contribution in [-0.2, 0) is 18.4 Å². The van der Waals surface area contributed by atoms with Gasteiger partial charge in [0.25, 0.3) is 0 Å². The number of likely N-dealkylation sites (N-methyl/N-ethyl adjacent to an activating group) is 1. The van der Waals surface area contributed by atoms with Gasteiger partial charge in [-0.15, -0.1) is 0 Å². The predicted octanol–water partition coefficient (Wildman–Crippen LogP) is 5.63. The fourth-order valence-electron chi connectivity index (χ4n) is 4.13. The number of amides is 1. The topological polar surface area (TPSA) is 119 Å². The summed E-state index contributed by atoms with van der Waals surface area (Å²) in [6.45, 7) is 3.83. The first kappa shape index (κ1) is 29.3. The number of carbonyl (C=O) groups excluding carboxylic acids is 1.